The Labute approximate surface area is 163 Å². The second-order valence-electron chi connectivity index (χ2n) is 6.32. The van der Waals surface area contributed by atoms with Crippen LogP contribution in [-0.4, -0.2) is 28.0 Å². The highest BCUT2D eigenvalue weighted by Crippen LogP contribution is 2.29. The largest absolute Gasteiger partial charge is 0.494 e. The van der Waals surface area contributed by atoms with E-state index in [1.165, 1.54) is 19.2 Å². The number of carbonyl (C=O) groups is 1. The molecular formula is C19H17F3N4O3. The molecule has 0 bridgehead atoms. The minimum absolute atomic E-state index is 0.253. The molecule has 0 saturated carbocycles. The first-order valence-electron chi connectivity index (χ1n) is 8.57. The van der Waals surface area contributed by atoms with E-state index in [4.69, 9.17) is 4.74 Å². The van der Waals surface area contributed by atoms with E-state index in [0.717, 1.165) is 16.8 Å². The Bertz CT molecular complexity index is 1090. The van der Waals surface area contributed by atoms with Gasteiger partial charge in [0.15, 0.2) is 0 Å². The molecular weight excluding hydrogens is 389 g/mol. The minimum Gasteiger partial charge on any atom is -0.494 e. The van der Waals surface area contributed by atoms with Crippen molar-refractivity contribution < 1.29 is 22.7 Å². The van der Waals surface area contributed by atoms with Gasteiger partial charge in [-0.25, -0.2) is 4.68 Å². The van der Waals surface area contributed by atoms with Crippen LogP contribution in [0.5, 0.6) is 5.75 Å². The summed E-state index contributed by atoms with van der Waals surface area (Å²) in [7, 11) is 1.44. The first kappa shape index (κ1) is 20.3. The molecule has 1 amide bonds. The van der Waals surface area contributed by atoms with Crippen molar-refractivity contribution in [2.45, 2.75) is 25.7 Å². The third kappa shape index (κ3) is 4.36. The van der Waals surface area contributed by atoms with Crippen molar-refractivity contribution in [1.29, 1.82) is 0 Å². The number of alkyl halides is 3. The average molecular weight is 406 g/mol. The SMILES string of the molecule is COc1cccc2c(=O)n(CC(=O)NC(C)c3ccc(C(F)(F)F)cc3)nnc12. The van der Waals surface area contributed by atoms with Crippen molar-refractivity contribution in [3.05, 3.63) is 63.9 Å². The van der Waals surface area contributed by atoms with Crippen LogP contribution in [0.1, 0.15) is 24.1 Å². The molecule has 1 aromatic heterocycles. The van der Waals surface area contributed by atoms with Crippen LogP contribution >= 0.6 is 0 Å². The average Bonchev–Trinajstić information content (AvgIpc) is 2.69. The van der Waals surface area contributed by atoms with E-state index in [1.807, 2.05) is 0 Å². The number of fused-ring (bicyclic) bond motifs is 1. The lowest BCUT2D eigenvalue weighted by molar-refractivity contribution is -0.137. The molecule has 1 atom stereocenters. The zero-order valence-corrected chi connectivity index (χ0v) is 15.5. The first-order valence-corrected chi connectivity index (χ1v) is 8.57. The van der Waals surface area contributed by atoms with Gasteiger partial charge >= 0.3 is 6.18 Å². The quantitative estimate of drug-likeness (QED) is 0.704. The second kappa shape index (κ2) is 7.90. The molecule has 10 heteroatoms. The summed E-state index contributed by atoms with van der Waals surface area (Å²) in [5.41, 5.74) is -0.498. The molecule has 0 spiro atoms. The van der Waals surface area contributed by atoms with Crippen LogP contribution in [0.15, 0.2) is 47.3 Å². The molecule has 0 fully saturated rings. The van der Waals surface area contributed by atoms with Crippen LogP contribution in [-0.2, 0) is 17.5 Å². The van der Waals surface area contributed by atoms with Gasteiger partial charge in [0.1, 0.15) is 17.8 Å². The zero-order valence-electron chi connectivity index (χ0n) is 15.5. The molecule has 0 saturated heterocycles. The summed E-state index contributed by atoms with van der Waals surface area (Å²) in [4.78, 5) is 24.8. The Balaban J connectivity index is 1.74. The summed E-state index contributed by atoms with van der Waals surface area (Å²) in [5, 5.41) is 10.6. The normalized spacial score (nSPS) is 12.6. The molecule has 0 aliphatic heterocycles. The molecule has 29 heavy (non-hydrogen) atoms. The summed E-state index contributed by atoms with van der Waals surface area (Å²) < 4.78 is 44.0. The predicted octanol–water partition coefficient (Wildman–Crippen LogP) is 2.70. The van der Waals surface area contributed by atoms with Gasteiger partial charge in [0.25, 0.3) is 5.56 Å². The maximum Gasteiger partial charge on any atom is 0.416 e. The number of hydrogen-bond acceptors (Lipinski definition) is 5. The van der Waals surface area contributed by atoms with Crippen molar-refractivity contribution in [2.75, 3.05) is 7.11 Å². The highest BCUT2D eigenvalue weighted by molar-refractivity contribution is 5.83. The fraction of sp³-hybridized carbons (Fsp3) is 0.263. The predicted molar refractivity (Wildman–Crippen MR) is 98.4 cm³/mol. The summed E-state index contributed by atoms with van der Waals surface area (Å²) in [6, 6.07) is 8.74. The van der Waals surface area contributed by atoms with Crippen molar-refractivity contribution in [3.63, 3.8) is 0 Å². The highest BCUT2D eigenvalue weighted by Gasteiger charge is 2.30. The first-order chi connectivity index (χ1) is 13.7. The van der Waals surface area contributed by atoms with Gasteiger partial charge in [-0.2, -0.15) is 13.2 Å². The number of carbonyl (C=O) groups excluding carboxylic acids is 1. The molecule has 0 radical (unpaired) electrons. The van der Waals surface area contributed by atoms with Crippen molar-refractivity contribution in [2.24, 2.45) is 0 Å². The molecule has 7 nitrogen and oxygen atoms in total. The van der Waals surface area contributed by atoms with Gasteiger partial charge < -0.3 is 10.1 Å². The second-order valence-corrected chi connectivity index (χ2v) is 6.32. The Kier molecular flexibility index (Phi) is 5.53. The van der Waals surface area contributed by atoms with E-state index >= 15 is 0 Å². The fourth-order valence-corrected chi connectivity index (χ4v) is 2.81. The van der Waals surface area contributed by atoms with Crippen molar-refractivity contribution in [3.8, 4) is 5.75 Å². The van der Waals surface area contributed by atoms with Gasteiger partial charge in [-0.3, -0.25) is 9.59 Å². The smallest absolute Gasteiger partial charge is 0.416 e. The van der Waals surface area contributed by atoms with Crippen LogP contribution in [0, 0.1) is 0 Å². The lowest BCUT2D eigenvalue weighted by Gasteiger charge is -2.15. The van der Waals surface area contributed by atoms with E-state index in [1.54, 1.807) is 25.1 Å². The van der Waals surface area contributed by atoms with Gasteiger partial charge in [-0.1, -0.05) is 23.4 Å². The lowest BCUT2D eigenvalue weighted by atomic mass is 10.1. The van der Waals surface area contributed by atoms with Gasteiger partial charge in [0.2, 0.25) is 5.91 Å². The lowest BCUT2D eigenvalue weighted by Crippen LogP contribution is -2.35. The van der Waals surface area contributed by atoms with Gasteiger partial charge in [0, 0.05) is 0 Å². The molecule has 3 aromatic rings. The number of benzene rings is 2. The van der Waals surface area contributed by atoms with Crippen LogP contribution in [0.25, 0.3) is 10.9 Å². The molecule has 2 aromatic carbocycles. The minimum atomic E-state index is -4.43. The number of nitrogens with one attached hydrogen (secondary N) is 1. The van der Waals surface area contributed by atoms with Crippen LogP contribution in [0.2, 0.25) is 0 Å². The molecule has 0 aliphatic carbocycles. The number of methoxy groups -OCH3 is 1. The summed E-state index contributed by atoms with van der Waals surface area (Å²) in [6.45, 7) is 1.24. The van der Waals surface area contributed by atoms with Crippen molar-refractivity contribution >= 4 is 16.8 Å². The Morgan fingerprint density at radius 2 is 1.90 bits per heavy atom. The molecule has 1 unspecified atom stereocenters. The van der Waals surface area contributed by atoms with Gasteiger partial charge in [-0.15, -0.1) is 5.10 Å². The van der Waals surface area contributed by atoms with E-state index in [9.17, 15) is 22.8 Å². The monoisotopic (exact) mass is 406 g/mol. The number of amides is 1. The van der Waals surface area contributed by atoms with Crippen LogP contribution < -0.4 is 15.6 Å². The number of aromatic nitrogens is 3. The maximum absolute atomic E-state index is 12.6. The number of ether oxygens (including phenoxy) is 1. The van der Waals surface area contributed by atoms with Crippen LogP contribution in [0.3, 0.4) is 0 Å². The molecule has 1 N–H and O–H groups in total. The summed E-state index contributed by atoms with van der Waals surface area (Å²) in [5.74, 6) is -0.143. The topological polar surface area (TPSA) is 86.1 Å². The number of hydrogen-bond donors (Lipinski definition) is 1. The number of halogens is 3. The van der Waals surface area contributed by atoms with Gasteiger partial charge in [-0.05, 0) is 36.8 Å². The summed E-state index contributed by atoms with van der Waals surface area (Å²) in [6.07, 6.45) is -4.43. The Hall–Kier alpha value is -3.43. The number of nitrogens with zero attached hydrogens (tertiary/aromatic N) is 3. The third-order valence-electron chi connectivity index (χ3n) is 4.35. The fourth-order valence-electron chi connectivity index (χ4n) is 2.81. The summed E-state index contributed by atoms with van der Waals surface area (Å²) >= 11 is 0. The Morgan fingerprint density at radius 1 is 1.21 bits per heavy atom. The van der Waals surface area contributed by atoms with E-state index < -0.39 is 29.2 Å². The third-order valence-corrected chi connectivity index (χ3v) is 4.35. The zero-order chi connectivity index (χ0) is 21.2. The number of rotatable bonds is 5. The van der Waals surface area contributed by atoms with E-state index in [0.29, 0.717) is 11.3 Å². The van der Waals surface area contributed by atoms with E-state index in [2.05, 4.69) is 15.6 Å². The van der Waals surface area contributed by atoms with Crippen molar-refractivity contribution in [1.82, 2.24) is 20.3 Å². The Morgan fingerprint density at radius 3 is 2.52 bits per heavy atom. The molecule has 1 heterocycles. The van der Waals surface area contributed by atoms with E-state index in [-0.39, 0.29) is 17.4 Å². The highest BCUT2D eigenvalue weighted by atomic mass is 19.4. The molecule has 152 valence electrons. The van der Waals surface area contributed by atoms with Crippen LogP contribution in [0.4, 0.5) is 13.2 Å². The standard InChI is InChI=1S/C19H17F3N4O3/c1-11(12-6-8-13(9-7-12)19(20,21)22)23-16(27)10-26-18(28)14-4-3-5-15(29-2)17(14)24-25-26/h3-9,11H,10H2,1-2H3,(H,23,27). The molecule has 0 aliphatic rings. The van der Waals surface area contributed by atoms with Gasteiger partial charge in [0.05, 0.1) is 24.1 Å². The molecule has 3 rings (SSSR count). The maximum atomic E-state index is 12.6.